The van der Waals surface area contributed by atoms with Crippen LogP contribution in [-0.2, 0) is 6.18 Å². The maximum atomic E-state index is 12.1. The average Bonchev–Trinajstić information content (AvgIpc) is 2.45. The molecule has 6 heteroatoms. The summed E-state index contributed by atoms with van der Waals surface area (Å²) in [6.07, 6.45) is -3.38. The molecule has 82 valence electrons. The number of halogens is 3. The maximum Gasteiger partial charge on any atom is 0.443 e. The van der Waals surface area contributed by atoms with Crippen LogP contribution < -0.4 is 0 Å². The van der Waals surface area contributed by atoms with Gasteiger partial charge in [-0.05, 0) is 13.8 Å². The Labute approximate surface area is 88.8 Å². The summed E-state index contributed by atoms with van der Waals surface area (Å²) in [5, 5.41) is 8.31. The second kappa shape index (κ2) is 3.83. The van der Waals surface area contributed by atoms with Crippen LogP contribution in [0.3, 0.4) is 0 Å². The zero-order valence-electron chi connectivity index (χ0n) is 8.01. The molecule has 0 aliphatic heterocycles. The molecule has 0 bridgehead atoms. The first-order chi connectivity index (χ1) is 6.68. The van der Waals surface area contributed by atoms with Crippen LogP contribution in [0, 0.1) is 11.8 Å². The number of aromatic nitrogens is 1. The van der Waals surface area contributed by atoms with E-state index in [2.05, 4.69) is 16.8 Å². The van der Waals surface area contributed by atoms with E-state index in [1.165, 1.54) is 13.8 Å². The molecular weight excluding hydrogens is 227 g/mol. The molecule has 0 aliphatic rings. The number of aliphatic hydroxyl groups is 1. The standard InChI is InChI=1S/C9H8F3NOS/c1-8(2,14)4-3-6-5-13-7(15-6)9(10,11)12/h5,14H,1-2H3. The highest BCUT2D eigenvalue weighted by Gasteiger charge is 2.34. The summed E-state index contributed by atoms with van der Waals surface area (Å²) < 4.78 is 36.4. The van der Waals surface area contributed by atoms with Crippen molar-refractivity contribution >= 4 is 11.3 Å². The van der Waals surface area contributed by atoms with Crippen LogP contribution in [0.4, 0.5) is 13.2 Å². The minimum Gasteiger partial charge on any atom is -0.378 e. The Balaban J connectivity index is 2.90. The van der Waals surface area contributed by atoms with Gasteiger partial charge in [-0.1, -0.05) is 11.8 Å². The highest BCUT2D eigenvalue weighted by molar-refractivity contribution is 7.12. The van der Waals surface area contributed by atoms with Crippen molar-refractivity contribution in [1.29, 1.82) is 0 Å². The van der Waals surface area contributed by atoms with Crippen molar-refractivity contribution < 1.29 is 18.3 Å². The normalized spacial score (nSPS) is 12.1. The fourth-order valence-electron chi connectivity index (χ4n) is 0.678. The molecule has 2 nitrogen and oxygen atoms in total. The van der Waals surface area contributed by atoms with Crippen molar-refractivity contribution in [2.75, 3.05) is 0 Å². The summed E-state index contributed by atoms with van der Waals surface area (Å²) in [6.45, 7) is 2.90. The van der Waals surface area contributed by atoms with Crippen LogP contribution in [0.15, 0.2) is 6.20 Å². The number of hydrogen-bond donors (Lipinski definition) is 1. The number of thiazole rings is 1. The molecule has 0 fully saturated rings. The monoisotopic (exact) mass is 235 g/mol. The lowest BCUT2D eigenvalue weighted by atomic mass is 10.1. The van der Waals surface area contributed by atoms with E-state index >= 15 is 0 Å². The van der Waals surface area contributed by atoms with Crippen LogP contribution in [0.5, 0.6) is 0 Å². The van der Waals surface area contributed by atoms with Crippen LogP contribution in [0.2, 0.25) is 0 Å². The van der Waals surface area contributed by atoms with E-state index in [1.807, 2.05) is 0 Å². The predicted octanol–water partition coefficient (Wildman–Crippen LogP) is 2.28. The topological polar surface area (TPSA) is 33.1 Å². The Hall–Kier alpha value is -1.06. The summed E-state index contributed by atoms with van der Waals surface area (Å²) in [5.74, 6) is 4.84. The van der Waals surface area contributed by atoms with Crippen molar-refractivity contribution in [1.82, 2.24) is 4.98 Å². The Morgan fingerprint density at radius 3 is 2.40 bits per heavy atom. The Bertz CT molecular complexity index is 405. The number of alkyl halides is 3. The zero-order valence-corrected chi connectivity index (χ0v) is 8.83. The molecule has 0 spiro atoms. The first-order valence-electron chi connectivity index (χ1n) is 3.97. The highest BCUT2D eigenvalue weighted by atomic mass is 32.1. The number of rotatable bonds is 0. The van der Waals surface area contributed by atoms with Crippen molar-refractivity contribution in [3.05, 3.63) is 16.1 Å². The summed E-state index contributed by atoms with van der Waals surface area (Å²) in [5.41, 5.74) is -1.22. The summed E-state index contributed by atoms with van der Waals surface area (Å²) in [4.78, 5) is 3.38. The van der Waals surface area contributed by atoms with Gasteiger partial charge in [0.2, 0.25) is 0 Å². The molecule has 0 saturated carbocycles. The first-order valence-corrected chi connectivity index (χ1v) is 4.79. The van der Waals surface area contributed by atoms with Gasteiger partial charge >= 0.3 is 6.18 Å². The molecule has 0 amide bonds. The summed E-state index contributed by atoms with van der Waals surface area (Å²) >= 11 is 0.460. The van der Waals surface area contributed by atoms with Gasteiger partial charge in [0.15, 0.2) is 5.01 Å². The van der Waals surface area contributed by atoms with Crippen molar-refractivity contribution in [3.63, 3.8) is 0 Å². The zero-order chi connectivity index (χ0) is 11.7. The van der Waals surface area contributed by atoms with Crippen LogP contribution in [-0.4, -0.2) is 15.7 Å². The molecule has 1 heterocycles. The van der Waals surface area contributed by atoms with Crippen LogP contribution in [0.25, 0.3) is 0 Å². The van der Waals surface area contributed by atoms with E-state index in [9.17, 15) is 18.3 Å². The van der Waals surface area contributed by atoms with E-state index < -0.39 is 16.8 Å². The molecule has 0 unspecified atom stereocenters. The van der Waals surface area contributed by atoms with Crippen LogP contribution >= 0.6 is 11.3 Å². The number of hydrogen-bond acceptors (Lipinski definition) is 3. The molecule has 0 atom stereocenters. The van der Waals surface area contributed by atoms with Crippen molar-refractivity contribution in [2.24, 2.45) is 0 Å². The Morgan fingerprint density at radius 1 is 1.40 bits per heavy atom. The van der Waals surface area contributed by atoms with Gasteiger partial charge in [-0.2, -0.15) is 13.2 Å². The highest BCUT2D eigenvalue weighted by Crippen LogP contribution is 2.32. The van der Waals surface area contributed by atoms with E-state index in [-0.39, 0.29) is 4.88 Å². The van der Waals surface area contributed by atoms with Gasteiger partial charge < -0.3 is 5.11 Å². The Morgan fingerprint density at radius 2 is 2.00 bits per heavy atom. The maximum absolute atomic E-state index is 12.1. The van der Waals surface area contributed by atoms with Gasteiger partial charge in [0.1, 0.15) is 5.60 Å². The third-order valence-electron chi connectivity index (χ3n) is 1.24. The second-order valence-corrected chi connectivity index (χ2v) is 4.37. The third-order valence-corrected chi connectivity index (χ3v) is 2.20. The third kappa shape index (κ3) is 3.90. The van der Waals surface area contributed by atoms with Gasteiger partial charge in [-0.25, -0.2) is 4.98 Å². The Kier molecular flexibility index (Phi) is 3.07. The van der Waals surface area contributed by atoms with E-state index in [0.717, 1.165) is 6.20 Å². The lowest BCUT2D eigenvalue weighted by Gasteiger charge is -2.05. The lowest BCUT2D eigenvalue weighted by Crippen LogP contribution is -2.14. The van der Waals surface area contributed by atoms with Gasteiger partial charge in [-0.15, -0.1) is 11.3 Å². The quantitative estimate of drug-likeness (QED) is 0.700. The molecule has 0 saturated heterocycles. The van der Waals surface area contributed by atoms with E-state index in [0.29, 0.717) is 11.3 Å². The van der Waals surface area contributed by atoms with Gasteiger partial charge in [0.05, 0.1) is 11.1 Å². The van der Waals surface area contributed by atoms with Crippen LogP contribution in [0.1, 0.15) is 23.7 Å². The van der Waals surface area contributed by atoms with Gasteiger partial charge in [0.25, 0.3) is 0 Å². The average molecular weight is 235 g/mol. The SMILES string of the molecule is CC(C)(O)C#Cc1cnc(C(F)(F)F)s1. The fourth-order valence-corrected chi connectivity index (χ4v) is 1.31. The van der Waals surface area contributed by atoms with Crippen molar-refractivity contribution in [2.45, 2.75) is 25.6 Å². The fraction of sp³-hybridized carbons (Fsp3) is 0.444. The molecule has 0 aliphatic carbocycles. The predicted molar refractivity (Wildman–Crippen MR) is 50.3 cm³/mol. The molecule has 1 aromatic rings. The smallest absolute Gasteiger partial charge is 0.378 e. The molecule has 15 heavy (non-hydrogen) atoms. The van der Waals surface area contributed by atoms with Gasteiger partial charge in [-0.3, -0.25) is 0 Å². The number of nitrogens with zero attached hydrogens (tertiary/aromatic N) is 1. The summed E-state index contributed by atoms with van der Waals surface area (Å²) in [7, 11) is 0. The second-order valence-electron chi connectivity index (χ2n) is 3.34. The van der Waals surface area contributed by atoms with Crippen molar-refractivity contribution in [3.8, 4) is 11.8 Å². The molecule has 1 aromatic heterocycles. The molecule has 1 N–H and O–H groups in total. The minimum atomic E-state index is -4.43. The van der Waals surface area contributed by atoms with E-state index in [4.69, 9.17) is 0 Å². The largest absolute Gasteiger partial charge is 0.443 e. The molecular formula is C9H8F3NOS. The van der Waals surface area contributed by atoms with Gasteiger partial charge in [0, 0.05) is 0 Å². The molecule has 1 rings (SSSR count). The molecule has 0 aromatic carbocycles. The molecule has 0 radical (unpaired) electrons. The minimum absolute atomic E-state index is 0.185. The lowest BCUT2D eigenvalue weighted by molar-refractivity contribution is -0.137. The van der Waals surface area contributed by atoms with E-state index in [1.54, 1.807) is 0 Å². The summed E-state index contributed by atoms with van der Waals surface area (Å²) in [6, 6.07) is 0. The first kappa shape index (κ1) is 12.0.